The van der Waals surface area contributed by atoms with Gasteiger partial charge in [-0.1, -0.05) is 26.0 Å². The molecule has 1 aromatic carbocycles. The molecule has 1 aliphatic carbocycles. The number of nitrogens with zero attached hydrogens (tertiary/aromatic N) is 1. The van der Waals surface area contributed by atoms with Crippen LogP contribution >= 0.6 is 0 Å². The number of rotatable bonds is 4. The molecule has 2 aliphatic rings. The van der Waals surface area contributed by atoms with Crippen LogP contribution in [0.4, 0.5) is 0 Å². The van der Waals surface area contributed by atoms with E-state index in [9.17, 15) is 9.59 Å². The highest BCUT2D eigenvalue weighted by Gasteiger charge is 2.75. The van der Waals surface area contributed by atoms with Crippen molar-refractivity contribution in [2.45, 2.75) is 39.2 Å². The molecule has 3 rings (SSSR count). The molecule has 6 nitrogen and oxygen atoms in total. The quantitative estimate of drug-likeness (QED) is 0.522. The van der Waals surface area contributed by atoms with Gasteiger partial charge < -0.3 is 9.47 Å². The minimum absolute atomic E-state index is 0.303. The van der Waals surface area contributed by atoms with Gasteiger partial charge in [0, 0.05) is 11.0 Å². The summed E-state index contributed by atoms with van der Waals surface area (Å²) in [5.41, 5.74) is 0.915. The number of hydrogen-bond acceptors (Lipinski definition) is 5. The Morgan fingerprint density at radius 3 is 2.58 bits per heavy atom. The molecule has 128 valence electrons. The summed E-state index contributed by atoms with van der Waals surface area (Å²) in [6.07, 6.45) is 2.67. The van der Waals surface area contributed by atoms with Gasteiger partial charge in [0.2, 0.25) is 0 Å². The first kappa shape index (κ1) is 16.5. The van der Waals surface area contributed by atoms with Gasteiger partial charge in [-0.3, -0.25) is 9.59 Å². The maximum atomic E-state index is 12.7. The Kier molecular flexibility index (Phi) is 3.66. The Balaban J connectivity index is 1.79. The molecule has 1 aromatic rings. The minimum Gasteiger partial charge on any atom is -0.496 e. The molecule has 1 aliphatic heterocycles. The van der Waals surface area contributed by atoms with Crippen molar-refractivity contribution in [2.75, 3.05) is 7.11 Å². The zero-order chi connectivity index (χ0) is 17.6. The van der Waals surface area contributed by atoms with Crippen molar-refractivity contribution in [3.63, 3.8) is 0 Å². The number of amides is 1. The maximum absolute atomic E-state index is 12.7. The van der Waals surface area contributed by atoms with Crippen LogP contribution in [0.5, 0.6) is 5.75 Å². The molecule has 1 saturated carbocycles. The lowest BCUT2D eigenvalue weighted by atomic mass is 9.66. The summed E-state index contributed by atoms with van der Waals surface area (Å²) < 4.78 is 10.8. The van der Waals surface area contributed by atoms with Gasteiger partial charge in [-0.25, -0.2) is 5.43 Å². The number of carbonyl (C=O) groups excluding carboxylic acids is 2. The van der Waals surface area contributed by atoms with Gasteiger partial charge in [-0.15, -0.1) is 0 Å². The first-order valence-corrected chi connectivity index (χ1v) is 7.98. The van der Waals surface area contributed by atoms with Gasteiger partial charge in [0.05, 0.1) is 18.7 Å². The van der Waals surface area contributed by atoms with E-state index in [1.54, 1.807) is 7.11 Å². The normalized spacial score (nSPS) is 30.4. The summed E-state index contributed by atoms with van der Waals surface area (Å²) in [4.78, 5) is 24.9. The number of nitrogens with one attached hydrogen (secondary N) is 1. The second-order valence-electron chi connectivity index (χ2n) is 7.11. The summed E-state index contributed by atoms with van der Waals surface area (Å²) in [5.74, 6) is -0.0226. The monoisotopic (exact) mass is 330 g/mol. The van der Waals surface area contributed by atoms with Crippen molar-refractivity contribution in [3.05, 3.63) is 29.8 Å². The van der Waals surface area contributed by atoms with E-state index in [2.05, 4.69) is 10.5 Å². The standard InChI is InChI=1S/C18H22N2O4/c1-16(2)17(3)9-10-18(16,24-15(17)22)14(21)20-19-11-12-7-5-6-8-13(12)23-4/h5-8,11H,9-10H2,1-4H3,(H,20,21). The van der Waals surface area contributed by atoms with Crippen LogP contribution in [0, 0.1) is 10.8 Å². The molecule has 1 amide bonds. The number of benzene rings is 1. The second-order valence-corrected chi connectivity index (χ2v) is 7.11. The number of esters is 1. The van der Waals surface area contributed by atoms with Gasteiger partial charge in [0.1, 0.15) is 5.75 Å². The first-order chi connectivity index (χ1) is 11.3. The molecular weight excluding hydrogens is 308 g/mol. The fraction of sp³-hybridized carbons (Fsp3) is 0.500. The molecule has 0 radical (unpaired) electrons. The van der Waals surface area contributed by atoms with E-state index in [-0.39, 0.29) is 11.9 Å². The van der Waals surface area contributed by atoms with Gasteiger partial charge in [-0.2, -0.15) is 5.10 Å². The highest BCUT2D eigenvalue weighted by atomic mass is 16.6. The van der Waals surface area contributed by atoms with E-state index in [1.165, 1.54) is 6.21 Å². The van der Waals surface area contributed by atoms with Crippen LogP contribution in [0.2, 0.25) is 0 Å². The number of carbonyl (C=O) groups is 2. The number of ether oxygens (including phenoxy) is 2. The van der Waals surface area contributed by atoms with Gasteiger partial charge >= 0.3 is 5.97 Å². The summed E-state index contributed by atoms with van der Waals surface area (Å²) in [6, 6.07) is 7.35. The fourth-order valence-corrected chi connectivity index (χ4v) is 3.77. The number of fused-ring (bicyclic) bond motifs is 2. The van der Waals surface area contributed by atoms with Crippen molar-refractivity contribution >= 4 is 18.1 Å². The Morgan fingerprint density at radius 1 is 1.29 bits per heavy atom. The van der Waals surface area contributed by atoms with Crippen molar-refractivity contribution < 1.29 is 19.1 Å². The average Bonchev–Trinajstić information content (AvgIpc) is 2.85. The molecule has 2 unspecified atom stereocenters. The number of para-hydroxylation sites is 1. The lowest BCUT2D eigenvalue weighted by molar-refractivity contribution is -0.168. The third kappa shape index (κ3) is 1.98. The van der Waals surface area contributed by atoms with Crippen LogP contribution in [0.3, 0.4) is 0 Å². The predicted octanol–water partition coefficient (Wildman–Crippen LogP) is 2.27. The summed E-state index contributed by atoms with van der Waals surface area (Å²) in [6.45, 7) is 5.69. The van der Waals surface area contributed by atoms with E-state index in [0.717, 1.165) is 5.56 Å². The van der Waals surface area contributed by atoms with Gasteiger partial charge in [0.15, 0.2) is 5.60 Å². The average molecular weight is 330 g/mol. The van der Waals surface area contributed by atoms with E-state index >= 15 is 0 Å². The summed E-state index contributed by atoms with van der Waals surface area (Å²) in [5, 5.41) is 4.02. The molecule has 0 spiro atoms. The molecule has 24 heavy (non-hydrogen) atoms. The van der Waals surface area contributed by atoms with E-state index in [0.29, 0.717) is 18.6 Å². The molecule has 2 atom stereocenters. The maximum Gasteiger partial charge on any atom is 0.313 e. The zero-order valence-electron chi connectivity index (χ0n) is 14.4. The summed E-state index contributed by atoms with van der Waals surface area (Å²) in [7, 11) is 1.57. The van der Waals surface area contributed by atoms with Crippen LogP contribution < -0.4 is 10.2 Å². The Hall–Kier alpha value is -2.37. The number of methoxy groups -OCH3 is 1. The predicted molar refractivity (Wildman–Crippen MR) is 88.7 cm³/mol. The minimum atomic E-state index is -1.16. The third-order valence-corrected chi connectivity index (χ3v) is 5.96. The summed E-state index contributed by atoms with van der Waals surface area (Å²) >= 11 is 0. The highest BCUT2D eigenvalue weighted by Crippen LogP contribution is 2.65. The van der Waals surface area contributed by atoms with Crippen molar-refractivity contribution in [1.82, 2.24) is 5.43 Å². The van der Waals surface area contributed by atoms with Crippen molar-refractivity contribution in [2.24, 2.45) is 15.9 Å². The van der Waals surface area contributed by atoms with E-state index < -0.39 is 16.4 Å². The van der Waals surface area contributed by atoms with Gasteiger partial charge in [-0.05, 0) is 31.9 Å². The Labute approximate surface area is 141 Å². The topological polar surface area (TPSA) is 77.0 Å². The Morgan fingerprint density at radius 2 is 2.00 bits per heavy atom. The molecule has 2 fully saturated rings. The van der Waals surface area contributed by atoms with Crippen molar-refractivity contribution in [1.29, 1.82) is 0 Å². The first-order valence-electron chi connectivity index (χ1n) is 7.98. The number of hydrazone groups is 1. The fourth-order valence-electron chi connectivity index (χ4n) is 3.77. The van der Waals surface area contributed by atoms with Crippen LogP contribution in [-0.4, -0.2) is 30.8 Å². The lowest BCUT2D eigenvalue weighted by Gasteiger charge is -2.34. The SMILES string of the molecule is COc1ccccc1C=NNC(=O)C12CCC(C)(C(=O)O1)C2(C)C. The highest BCUT2D eigenvalue weighted by molar-refractivity contribution is 5.96. The third-order valence-electron chi connectivity index (χ3n) is 5.96. The Bertz CT molecular complexity index is 727. The molecule has 1 heterocycles. The lowest BCUT2D eigenvalue weighted by Crippen LogP contribution is -2.52. The molecule has 1 N–H and O–H groups in total. The van der Waals surface area contributed by atoms with Crippen LogP contribution in [0.1, 0.15) is 39.2 Å². The molecular formula is C18H22N2O4. The van der Waals surface area contributed by atoms with Crippen LogP contribution in [0.15, 0.2) is 29.4 Å². The largest absolute Gasteiger partial charge is 0.496 e. The smallest absolute Gasteiger partial charge is 0.313 e. The number of hydrogen-bond donors (Lipinski definition) is 1. The molecule has 1 saturated heterocycles. The molecule has 0 aromatic heterocycles. The van der Waals surface area contributed by atoms with Crippen LogP contribution in [-0.2, 0) is 14.3 Å². The zero-order valence-corrected chi connectivity index (χ0v) is 14.4. The van der Waals surface area contributed by atoms with Crippen LogP contribution in [0.25, 0.3) is 0 Å². The second kappa shape index (κ2) is 5.33. The van der Waals surface area contributed by atoms with E-state index in [1.807, 2.05) is 45.0 Å². The van der Waals surface area contributed by atoms with Crippen molar-refractivity contribution in [3.8, 4) is 5.75 Å². The molecule has 2 bridgehead atoms. The molecule has 6 heteroatoms. The van der Waals surface area contributed by atoms with Gasteiger partial charge in [0.25, 0.3) is 5.91 Å². The van der Waals surface area contributed by atoms with E-state index in [4.69, 9.17) is 9.47 Å².